The fourth-order valence-corrected chi connectivity index (χ4v) is 6.70. The normalized spacial score (nSPS) is 21.7. The number of nitrogens with one attached hydrogen (secondary N) is 1. The average Bonchev–Trinajstić information content (AvgIpc) is 3.34. The Balaban J connectivity index is 1.26. The van der Waals surface area contributed by atoms with Crippen LogP contribution < -0.4 is 5.32 Å². The molecule has 2 atom stereocenters. The van der Waals surface area contributed by atoms with Gasteiger partial charge < -0.3 is 10.2 Å². The number of aromatic nitrogens is 1. The second-order valence-corrected chi connectivity index (χ2v) is 12.5. The molecule has 2 aliphatic rings. The second kappa shape index (κ2) is 11.4. The van der Waals surface area contributed by atoms with Gasteiger partial charge in [-0.1, -0.05) is 57.3 Å². The molecule has 2 heterocycles. The molecule has 1 aromatic heterocycles. The summed E-state index contributed by atoms with van der Waals surface area (Å²) in [5.74, 6) is 0.987. The summed E-state index contributed by atoms with van der Waals surface area (Å²) in [7, 11) is 0. The van der Waals surface area contributed by atoms with E-state index in [-0.39, 0.29) is 23.3 Å². The number of hydrogen-bond donors (Lipinski definition) is 1. The average molecular weight is 516 g/mol. The maximum Gasteiger partial charge on any atom is 0.270 e. The predicted octanol–water partition coefficient (Wildman–Crippen LogP) is 6.47. The van der Waals surface area contributed by atoms with Crippen LogP contribution in [0.4, 0.5) is 0 Å². The standard InChI is InChI=1S/C28H38ClN3O2S/c1-28(2,3)22-6-4-5-7-23(22)30-26(34)24-18-35-27(31-24)20-14-16-32(17-15-20)25(33)13-10-19-8-11-21(29)12-9-19/h8-9,11-12,18,20,22-23H,4-7,10,13-17H2,1-3H3,(H,30,34). The van der Waals surface area contributed by atoms with Gasteiger partial charge in [-0.05, 0) is 61.1 Å². The third-order valence-electron chi connectivity index (χ3n) is 7.69. The van der Waals surface area contributed by atoms with Crippen LogP contribution in [0.3, 0.4) is 0 Å². The maximum absolute atomic E-state index is 13.0. The number of carbonyl (C=O) groups excluding carboxylic acids is 2. The van der Waals surface area contributed by atoms with Crippen LogP contribution in [0.5, 0.6) is 0 Å². The van der Waals surface area contributed by atoms with Crippen molar-refractivity contribution in [2.75, 3.05) is 13.1 Å². The van der Waals surface area contributed by atoms with Crippen molar-refractivity contribution in [1.29, 1.82) is 0 Å². The predicted molar refractivity (Wildman–Crippen MR) is 143 cm³/mol. The SMILES string of the molecule is CC(C)(C)C1CCCCC1NC(=O)c1csc(C2CCN(C(=O)CCc3ccc(Cl)cc3)CC2)n1. The first-order valence-corrected chi connectivity index (χ1v) is 14.2. The molecule has 190 valence electrons. The molecule has 7 heteroatoms. The molecule has 5 nitrogen and oxygen atoms in total. The first-order valence-electron chi connectivity index (χ1n) is 13.0. The third kappa shape index (κ3) is 6.85. The third-order valence-corrected chi connectivity index (χ3v) is 8.95. The van der Waals surface area contributed by atoms with Crippen molar-refractivity contribution in [3.63, 3.8) is 0 Å². The summed E-state index contributed by atoms with van der Waals surface area (Å²) < 4.78 is 0. The summed E-state index contributed by atoms with van der Waals surface area (Å²) in [6.45, 7) is 8.33. The lowest BCUT2D eigenvalue weighted by atomic mass is 9.69. The number of amides is 2. The Hall–Kier alpha value is -1.92. The van der Waals surface area contributed by atoms with Crippen molar-refractivity contribution < 1.29 is 9.59 Å². The Bertz CT molecular complexity index is 1010. The maximum atomic E-state index is 13.0. The van der Waals surface area contributed by atoms with Crippen molar-refractivity contribution in [1.82, 2.24) is 15.2 Å². The fraction of sp³-hybridized carbons (Fsp3) is 0.607. The lowest BCUT2D eigenvalue weighted by Crippen LogP contribution is -2.46. The van der Waals surface area contributed by atoms with Crippen molar-refractivity contribution in [3.05, 3.63) is 50.9 Å². The zero-order valence-electron chi connectivity index (χ0n) is 21.2. The highest BCUT2D eigenvalue weighted by Gasteiger charge is 2.35. The molecule has 2 unspecified atom stereocenters. The summed E-state index contributed by atoms with van der Waals surface area (Å²) in [6.07, 6.45) is 7.70. The van der Waals surface area contributed by atoms with E-state index in [1.54, 1.807) is 11.3 Å². The summed E-state index contributed by atoms with van der Waals surface area (Å²) in [5, 5.41) is 6.95. The van der Waals surface area contributed by atoms with Gasteiger partial charge in [0.15, 0.2) is 0 Å². The Labute approximate surface area is 218 Å². The van der Waals surface area contributed by atoms with Crippen LogP contribution in [0.1, 0.15) is 92.7 Å². The largest absolute Gasteiger partial charge is 0.348 e. The van der Waals surface area contributed by atoms with Crippen molar-refractivity contribution in [2.24, 2.45) is 11.3 Å². The highest BCUT2D eigenvalue weighted by atomic mass is 35.5. The molecule has 1 aliphatic carbocycles. The molecule has 0 bridgehead atoms. The van der Waals surface area contributed by atoms with Crippen molar-refractivity contribution in [2.45, 2.75) is 84.1 Å². The summed E-state index contributed by atoms with van der Waals surface area (Å²) in [5.41, 5.74) is 1.87. The molecule has 35 heavy (non-hydrogen) atoms. The summed E-state index contributed by atoms with van der Waals surface area (Å²) >= 11 is 7.53. The minimum Gasteiger partial charge on any atom is -0.348 e. The Morgan fingerprint density at radius 2 is 1.77 bits per heavy atom. The highest BCUT2D eigenvalue weighted by molar-refractivity contribution is 7.09. The minimum atomic E-state index is -0.0385. The van der Waals surface area contributed by atoms with E-state index in [1.165, 1.54) is 19.3 Å². The lowest BCUT2D eigenvalue weighted by molar-refractivity contribution is -0.132. The Kier molecular flexibility index (Phi) is 8.54. The highest BCUT2D eigenvalue weighted by Crippen LogP contribution is 2.38. The first kappa shape index (κ1) is 26.2. The van der Waals surface area contributed by atoms with Crippen LogP contribution in [-0.4, -0.2) is 40.8 Å². The smallest absolute Gasteiger partial charge is 0.270 e. The van der Waals surface area contributed by atoms with Gasteiger partial charge in [0.1, 0.15) is 5.69 Å². The number of rotatable bonds is 6. The van der Waals surface area contributed by atoms with Gasteiger partial charge in [-0.15, -0.1) is 11.3 Å². The number of likely N-dealkylation sites (tertiary alicyclic amines) is 1. The molecule has 4 rings (SSSR count). The molecule has 2 aromatic rings. The molecule has 2 amide bonds. The summed E-state index contributed by atoms with van der Waals surface area (Å²) in [4.78, 5) is 32.4. The van der Waals surface area contributed by atoms with E-state index < -0.39 is 0 Å². The lowest BCUT2D eigenvalue weighted by Gasteiger charge is -2.40. The van der Waals surface area contributed by atoms with Gasteiger partial charge in [-0.3, -0.25) is 9.59 Å². The van der Waals surface area contributed by atoms with Gasteiger partial charge in [0, 0.05) is 41.9 Å². The molecule has 1 saturated heterocycles. The van der Waals surface area contributed by atoms with Gasteiger partial charge in [-0.2, -0.15) is 0 Å². The zero-order valence-corrected chi connectivity index (χ0v) is 22.8. The number of nitrogens with zero attached hydrogens (tertiary/aromatic N) is 2. The molecule has 1 saturated carbocycles. The number of thiazole rings is 1. The Morgan fingerprint density at radius 1 is 1.09 bits per heavy atom. The fourth-order valence-electron chi connectivity index (χ4n) is 5.60. The van der Waals surface area contributed by atoms with E-state index in [0.717, 1.165) is 49.3 Å². The number of carbonyl (C=O) groups is 2. The van der Waals surface area contributed by atoms with Gasteiger partial charge in [0.05, 0.1) is 5.01 Å². The minimum absolute atomic E-state index is 0.0385. The number of benzene rings is 1. The van der Waals surface area contributed by atoms with E-state index in [0.29, 0.717) is 29.0 Å². The molecule has 1 aromatic carbocycles. The van der Waals surface area contributed by atoms with E-state index in [4.69, 9.17) is 16.6 Å². The van der Waals surface area contributed by atoms with Crippen LogP contribution in [0.25, 0.3) is 0 Å². The quantitative estimate of drug-likeness (QED) is 0.479. The van der Waals surface area contributed by atoms with Crippen LogP contribution in [0.2, 0.25) is 5.02 Å². The van der Waals surface area contributed by atoms with Crippen molar-refractivity contribution >= 4 is 34.8 Å². The van der Waals surface area contributed by atoms with Gasteiger partial charge in [-0.25, -0.2) is 4.98 Å². The Morgan fingerprint density at radius 3 is 2.46 bits per heavy atom. The van der Waals surface area contributed by atoms with Crippen molar-refractivity contribution in [3.8, 4) is 0 Å². The number of aryl methyl sites for hydroxylation is 1. The van der Waals surface area contributed by atoms with Gasteiger partial charge in [0.25, 0.3) is 5.91 Å². The van der Waals surface area contributed by atoms with Gasteiger partial charge in [0.2, 0.25) is 5.91 Å². The molecular weight excluding hydrogens is 478 g/mol. The number of piperidine rings is 1. The van der Waals surface area contributed by atoms with E-state index in [1.807, 2.05) is 34.5 Å². The summed E-state index contributed by atoms with van der Waals surface area (Å²) in [6, 6.07) is 7.93. The molecule has 0 radical (unpaired) electrons. The molecule has 0 spiro atoms. The molecule has 2 fully saturated rings. The van der Waals surface area contributed by atoms with E-state index >= 15 is 0 Å². The molecule has 1 aliphatic heterocycles. The number of hydrogen-bond acceptors (Lipinski definition) is 4. The topological polar surface area (TPSA) is 62.3 Å². The first-order chi connectivity index (χ1) is 16.7. The van der Waals surface area contributed by atoms with E-state index in [9.17, 15) is 9.59 Å². The molecule has 1 N–H and O–H groups in total. The van der Waals surface area contributed by atoms with Gasteiger partial charge >= 0.3 is 0 Å². The van der Waals surface area contributed by atoms with Crippen LogP contribution in [0.15, 0.2) is 29.6 Å². The monoisotopic (exact) mass is 515 g/mol. The van der Waals surface area contributed by atoms with Crippen LogP contribution in [0, 0.1) is 11.3 Å². The zero-order chi connectivity index (χ0) is 25.0. The van der Waals surface area contributed by atoms with Crippen LogP contribution >= 0.6 is 22.9 Å². The van der Waals surface area contributed by atoms with Crippen LogP contribution in [-0.2, 0) is 11.2 Å². The number of halogens is 1. The molecular formula is C28H38ClN3O2S. The second-order valence-electron chi connectivity index (χ2n) is 11.2. The van der Waals surface area contributed by atoms with E-state index in [2.05, 4.69) is 26.1 Å².